The molecule has 0 saturated carbocycles. The van der Waals surface area contributed by atoms with Gasteiger partial charge in [-0.2, -0.15) is 4.73 Å². The molecular formula is C14H11N2O2+. The smallest absolute Gasteiger partial charge is 0.289 e. The molecule has 3 aromatic rings. The Hall–Kier alpha value is -2.62. The molecule has 0 radical (unpaired) electrons. The van der Waals surface area contributed by atoms with Crippen LogP contribution < -0.4 is 4.43 Å². The summed E-state index contributed by atoms with van der Waals surface area (Å²) in [6, 6.07) is 16.2. The Morgan fingerprint density at radius 3 is 2.39 bits per heavy atom. The van der Waals surface area contributed by atoms with Crippen LogP contribution in [0.5, 0.6) is 0 Å². The molecule has 1 heterocycles. The number of nitrogens with zero attached hydrogens (tertiary/aromatic N) is 2. The minimum atomic E-state index is 0.430. The van der Waals surface area contributed by atoms with E-state index in [9.17, 15) is 10.1 Å². The van der Waals surface area contributed by atoms with Gasteiger partial charge in [-0.15, -0.1) is 0 Å². The van der Waals surface area contributed by atoms with Crippen molar-refractivity contribution in [1.82, 2.24) is 4.73 Å². The van der Waals surface area contributed by atoms with Crippen LogP contribution in [0.2, 0.25) is 0 Å². The van der Waals surface area contributed by atoms with Gasteiger partial charge >= 0.3 is 0 Å². The van der Waals surface area contributed by atoms with E-state index in [0.29, 0.717) is 16.7 Å². The Morgan fingerprint density at radius 1 is 0.944 bits per heavy atom. The van der Waals surface area contributed by atoms with Gasteiger partial charge < -0.3 is 5.21 Å². The highest BCUT2D eigenvalue weighted by molar-refractivity contribution is 5.74. The minimum absolute atomic E-state index is 0.430. The van der Waals surface area contributed by atoms with Crippen molar-refractivity contribution in [3.05, 3.63) is 65.7 Å². The molecule has 0 unspecified atom stereocenters. The lowest BCUT2D eigenvalue weighted by Crippen LogP contribution is -2.19. The molecule has 0 spiro atoms. The van der Waals surface area contributed by atoms with Gasteiger partial charge in [0.1, 0.15) is 0 Å². The molecule has 3 rings (SSSR count). The van der Waals surface area contributed by atoms with Crippen molar-refractivity contribution in [1.29, 1.82) is 0 Å². The third-order valence-electron chi connectivity index (χ3n) is 2.88. The molecule has 18 heavy (non-hydrogen) atoms. The van der Waals surface area contributed by atoms with E-state index in [1.54, 1.807) is 24.3 Å². The van der Waals surface area contributed by atoms with Gasteiger partial charge in [-0.05, 0) is 6.07 Å². The Labute approximate surface area is 103 Å². The monoisotopic (exact) mass is 239 g/mol. The summed E-state index contributed by atoms with van der Waals surface area (Å²) in [5.41, 5.74) is 2.16. The van der Waals surface area contributed by atoms with Gasteiger partial charge in [0.2, 0.25) is 0 Å². The predicted octanol–water partition coefficient (Wildman–Crippen LogP) is 2.46. The number of fused-ring (bicyclic) bond motifs is 1. The van der Waals surface area contributed by atoms with E-state index in [0.717, 1.165) is 14.7 Å². The number of hydrogen-bond donors (Lipinski definition) is 1. The molecule has 1 aromatic heterocycles. The second-order valence-corrected chi connectivity index (χ2v) is 4.01. The van der Waals surface area contributed by atoms with Crippen molar-refractivity contribution in [3.63, 3.8) is 0 Å². The highest BCUT2D eigenvalue weighted by atomic mass is 16.5. The van der Waals surface area contributed by atoms with Gasteiger partial charge in [-0.3, -0.25) is 0 Å². The highest BCUT2D eigenvalue weighted by Crippen LogP contribution is 2.19. The summed E-state index contributed by atoms with van der Waals surface area (Å²) in [4.78, 5) is 11.9. The summed E-state index contributed by atoms with van der Waals surface area (Å²) < 4.78 is 1.81. The lowest BCUT2D eigenvalue weighted by Gasteiger charge is -2.05. The van der Waals surface area contributed by atoms with E-state index in [4.69, 9.17) is 0 Å². The molecule has 0 fully saturated rings. The maximum Gasteiger partial charge on any atom is 0.289 e. The zero-order chi connectivity index (χ0) is 12.5. The number of rotatable bonds is 1. The molecule has 88 valence electrons. The average Bonchev–Trinajstić information content (AvgIpc) is 2.44. The van der Waals surface area contributed by atoms with Crippen LogP contribution in [0.4, 0.5) is 0 Å². The number of para-hydroxylation sites is 2. The fourth-order valence-electron chi connectivity index (χ4n) is 2.00. The second kappa shape index (κ2) is 4.00. The predicted molar refractivity (Wildman–Crippen MR) is 67.9 cm³/mol. The van der Waals surface area contributed by atoms with Gasteiger partial charge in [-0.1, -0.05) is 42.5 Å². The van der Waals surface area contributed by atoms with Gasteiger partial charge in [0.05, 0.1) is 4.43 Å². The summed E-state index contributed by atoms with van der Waals surface area (Å²) in [5.74, 6) is 0. The fourth-order valence-corrected chi connectivity index (χ4v) is 2.00. The third-order valence-corrected chi connectivity index (χ3v) is 2.88. The summed E-state index contributed by atoms with van der Waals surface area (Å²) in [6.45, 7) is 0. The first-order valence-electron chi connectivity index (χ1n) is 5.59. The van der Waals surface area contributed by atoms with Crippen LogP contribution in [0, 0.1) is 4.91 Å². The maximum absolute atomic E-state index is 11.9. The number of benzene rings is 2. The third kappa shape index (κ3) is 1.55. The molecule has 0 bridgehead atoms. The van der Waals surface area contributed by atoms with Crippen LogP contribution in [0.1, 0.15) is 0 Å². The van der Waals surface area contributed by atoms with E-state index in [1.165, 1.54) is 6.20 Å². The highest BCUT2D eigenvalue weighted by Gasteiger charge is 2.15. The summed E-state index contributed by atoms with van der Waals surface area (Å²) in [6.07, 6.45) is 1.37. The van der Waals surface area contributed by atoms with Gasteiger partial charge in [0, 0.05) is 16.5 Å². The lowest BCUT2D eigenvalue weighted by atomic mass is 10.1. The first-order chi connectivity index (χ1) is 8.77. The van der Waals surface area contributed by atoms with Crippen molar-refractivity contribution in [2.45, 2.75) is 0 Å². The molecule has 0 saturated heterocycles. The average molecular weight is 239 g/mol. The van der Waals surface area contributed by atoms with E-state index < -0.39 is 0 Å². The molecule has 0 aliphatic heterocycles. The van der Waals surface area contributed by atoms with Gasteiger partial charge in [0.15, 0.2) is 11.2 Å². The molecule has 1 N–H and O–H groups in total. The van der Waals surface area contributed by atoms with Crippen molar-refractivity contribution >= 4 is 11.0 Å². The molecule has 0 aliphatic carbocycles. The molecule has 4 nitrogen and oxygen atoms in total. The SMILES string of the molecule is O=[n+]1cc(-c2ccccc2)n(O)c2ccccc21. The quantitative estimate of drug-likeness (QED) is 0.524. The van der Waals surface area contributed by atoms with Crippen molar-refractivity contribution in [2.75, 3.05) is 0 Å². The van der Waals surface area contributed by atoms with Crippen LogP contribution in [0.3, 0.4) is 0 Å². The van der Waals surface area contributed by atoms with E-state index >= 15 is 0 Å². The van der Waals surface area contributed by atoms with Crippen LogP contribution in [0.15, 0.2) is 60.8 Å². The zero-order valence-corrected chi connectivity index (χ0v) is 9.52. The maximum atomic E-state index is 11.9. The standard InChI is InChI=1S/C14H11N2O2/c17-15-10-14(11-6-2-1-3-7-11)16(18)13-9-5-4-8-12(13)15/h1-10,18H/q+1. The van der Waals surface area contributed by atoms with Gasteiger partial charge in [-0.25, -0.2) is 0 Å². The molecule has 0 atom stereocenters. The van der Waals surface area contributed by atoms with Crippen LogP contribution in [-0.2, 0) is 0 Å². The van der Waals surface area contributed by atoms with Crippen molar-refractivity contribution in [2.24, 2.45) is 0 Å². The number of hydrogen-bond acceptors (Lipinski definition) is 2. The Balaban J connectivity index is 2.39. The molecule has 4 heteroatoms. The normalized spacial score (nSPS) is 10.7. The van der Waals surface area contributed by atoms with Gasteiger partial charge in [0.25, 0.3) is 11.7 Å². The number of aromatic nitrogens is 2. The summed E-state index contributed by atoms with van der Waals surface area (Å²) in [7, 11) is 0. The van der Waals surface area contributed by atoms with Crippen LogP contribution in [-0.4, -0.2) is 9.94 Å². The Kier molecular flexibility index (Phi) is 2.34. The molecular weight excluding hydrogens is 228 g/mol. The first-order valence-corrected chi connectivity index (χ1v) is 5.59. The topological polar surface area (TPSA) is 48.1 Å². The lowest BCUT2D eigenvalue weighted by molar-refractivity contribution is -0.464. The first kappa shape index (κ1) is 10.5. The van der Waals surface area contributed by atoms with Crippen molar-refractivity contribution in [3.8, 4) is 11.3 Å². The Morgan fingerprint density at radius 2 is 1.61 bits per heavy atom. The van der Waals surface area contributed by atoms with E-state index in [2.05, 4.69) is 0 Å². The van der Waals surface area contributed by atoms with Crippen LogP contribution in [0.25, 0.3) is 22.3 Å². The minimum Gasteiger partial charge on any atom is -0.427 e. The second-order valence-electron chi connectivity index (χ2n) is 4.01. The summed E-state index contributed by atoms with van der Waals surface area (Å²) >= 11 is 0. The molecule has 0 amide bonds. The van der Waals surface area contributed by atoms with E-state index in [-0.39, 0.29) is 0 Å². The largest absolute Gasteiger partial charge is 0.427 e. The molecule has 0 aliphatic rings. The van der Waals surface area contributed by atoms with E-state index in [1.807, 2.05) is 30.3 Å². The zero-order valence-electron chi connectivity index (χ0n) is 9.52. The Bertz CT molecular complexity index is 764. The fraction of sp³-hybridized carbons (Fsp3) is 0. The summed E-state index contributed by atoms with van der Waals surface area (Å²) in [5, 5.41) is 10.2. The van der Waals surface area contributed by atoms with Crippen LogP contribution >= 0.6 is 0 Å². The van der Waals surface area contributed by atoms with Crippen molar-refractivity contribution < 1.29 is 9.63 Å². The molecule has 2 aromatic carbocycles.